The third-order valence-corrected chi connectivity index (χ3v) is 6.57. The molecule has 1 aromatic rings. The lowest BCUT2D eigenvalue weighted by Crippen LogP contribution is -2.46. The number of likely N-dealkylation sites (tertiary alicyclic amines) is 1. The van der Waals surface area contributed by atoms with Crippen molar-refractivity contribution in [2.45, 2.75) is 69.9 Å². The highest BCUT2D eigenvalue weighted by molar-refractivity contribution is 7.99. The van der Waals surface area contributed by atoms with Crippen LogP contribution in [-0.4, -0.2) is 58.8 Å². The molecule has 2 fully saturated rings. The molecule has 5 nitrogen and oxygen atoms in total. The van der Waals surface area contributed by atoms with Gasteiger partial charge in [-0.25, -0.2) is 4.79 Å². The Morgan fingerprint density at radius 3 is 2.55 bits per heavy atom. The minimum atomic E-state index is -0.507. The smallest absolute Gasteiger partial charge is 0.410 e. The van der Waals surface area contributed by atoms with Crippen molar-refractivity contribution in [2.24, 2.45) is 5.92 Å². The van der Waals surface area contributed by atoms with Gasteiger partial charge in [-0.15, -0.1) is 11.8 Å². The molecule has 1 saturated carbocycles. The summed E-state index contributed by atoms with van der Waals surface area (Å²) in [5.74, 6) is 1.62. The van der Waals surface area contributed by atoms with Crippen LogP contribution < -0.4 is 0 Å². The van der Waals surface area contributed by atoms with Crippen LogP contribution in [0, 0.1) is 5.92 Å². The van der Waals surface area contributed by atoms with Crippen LogP contribution in [0.5, 0.6) is 0 Å². The molecule has 2 amide bonds. The van der Waals surface area contributed by atoms with Gasteiger partial charge in [-0.05, 0) is 63.8 Å². The fourth-order valence-corrected chi connectivity index (χ4v) is 4.72. The predicted molar refractivity (Wildman–Crippen MR) is 117 cm³/mol. The van der Waals surface area contributed by atoms with Crippen LogP contribution in [0.2, 0.25) is 0 Å². The highest BCUT2D eigenvalue weighted by atomic mass is 32.2. The highest BCUT2D eigenvalue weighted by Crippen LogP contribution is 2.31. The lowest BCUT2D eigenvalue weighted by atomic mass is 9.84. The van der Waals surface area contributed by atoms with E-state index in [4.69, 9.17) is 4.74 Å². The van der Waals surface area contributed by atoms with Gasteiger partial charge in [0.15, 0.2) is 0 Å². The molecular weight excluding hydrogens is 384 g/mol. The molecule has 1 atom stereocenters. The fraction of sp³-hybridized carbons (Fsp3) is 0.652. The van der Waals surface area contributed by atoms with E-state index in [0.717, 1.165) is 29.2 Å². The molecule has 0 N–H and O–H groups in total. The van der Waals surface area contributed by atoms with E-state index in [1.54, 1.807) is 16.7 Å². The molecule has 1 aliphatic heterocycles. The molecule has 0 bridgehead atoms. The molecule has 0 aromatic heterocycles. The second-order valence-electron chi connectivity index (χ2n) is 9.05. The molecule has 1 saturated heterocycles. The largest absolute Gasteiger partial charge is 0.444 e. The van der Waals surface area contributed by atoms with Crippen molar-refractivity contribution in [3.05, 3.63) is 29.8 Å². The highest BCUT2D eigenvalue weighted by Gasteiger charge is 2.37. The number of nitrogens with zero attached hydrogens (tertiary/aromatic N) is 2. The Bertz CT molecular complexity index is 727. The molecule has 29 heavy (non-hydrogen) atoms. The molecule has 0 spiro atoms. The van der Waals surface area contributed by atoms with Crippen molar-refractivity contribution in [3.8, 4) is 0 Å². The van der Waals surface area contributed by atoms with Gasteiger partial charge in [-0.1, -0.05) is 25.5 Å². The average molecular weight is 419 g/mol. The summed E-state index contributed by atoms with van der Waals surface area (Å²) in [4.78, 5) is 30.9. The van der Waals surface area contributed by atoms with Gasteiger partial charge in [0.05, 0.1) is 11.6 Å². The first kappa shape index (κ1) is 22.0. The van der Waals surface area contributed by atoms with E-state index < -0.39 is 5.60 Å². The van der Waals surface area contributed by atoms with E-state index in [9.17, 15) is 9.59 Å². The summed E-state index contributed by atoms with van der Waals surface area (Å²) in [6, 6.07) is 7.95. The van der Waals surface area contributed by atoms with Gasteiger partial charge in [0, 0.05) is 24.5 Å². The van der Waals surface area contributed by atoms with E-state index >= 15 is 0 Å². The Labute approximate surface area is 179 Å². The number of carbonyl (C=O) groups excluding carboxylic acids is 2. The summed E-state index contributed by atoms with van der Waals surface area (Å²) in [6.45, 7) is 9.73. The maximum atomic E-state index is 13.6. The molecule has 6 heteroatoms. The van der Waals surface area contributed by atoms with Crippen molar-refractivity contribution >= 4 is 23.8 Å². The number of benzene rings is 1. The maximum absolute atomic E-state index is 13.6. The van der Waals surface area contributed by atoms with Crippen LogP contribution in [-0.2, 0) is 4.74 Å². The normalized spacial score (nSPS) is 19.7. The molecule has 0 unspecified atom stereocenters. The third kappa shape index (κ3) is 5.68. The van der Waals surface area contributed by atoms with Gasteiger partial charge in [0.1, 0.15) is 5.60 Å². The predicted octanol–water partition coefficient (Wildman–Crippen LogP) is 5.05. The molecule has 1 aliphatic carbocycles. The lowest BCUT2D eigenvalue weighted by molar-refractivity contribution is 0.0269. The van der Waals surface area contributed by atoms with Gasteiger partial charge in [-0.2, -0.15) is 0 Å². The third-order valence-electron chi connectivity index (χ3n) is 5.61. The van der Waals surface area contributed by atoms with Crippen molar-refractivity contribution in [2.75, 3.05) is 25.4 Å². The summed E-state index contributed by atoms with van der Waals surface area (Å²) in [7, 11) is 0. The van der Waals surface area contributed by atoms with Gasteiger partial charge in [-0.3, -0.25) is 4.79 Å². The minimum Gasteiger partial charge on any atom is -0.444 e. The first-order chi connectivity index (χ1) is 13.8. The maximum Gasteiger partial charge on any atom is 0.410 e. The van der Waals surface area contributed by atoms with Crippen LogP contribution in [0.1, 0.15) is 63.7 Å². The van der Waals surface area contributed by atoms with Crippen LogP contribution in [0.3, 0.4) is 0 Å². The number of thioether (sulfide) groups is 1. The Balaban J connectivity index is 1.76. The van der Waals surface area contributed by atoms with Crippen LogP contribution >= 0.6 is 11.8 Å². The first-order valence-corrected chi connectivity index (χ1v) is 11.8. The van der Waals surface area contributed by atoms with E-state index in [-0.39, 0.29) is 18.0 Å². The standard InChI is InChI=1S/C23H34N2O3S/c1-5-29-20-12-7-6-11-19(20)21(26)25(15-17-9-8-10-17)18-13-14-24(16-18)22(27)28-23(2,3)4/h6-7,11-12,17-18H,5,8-10,13-16H2,1-4H3/t18-/m0/s1. The molecule has 160 valence electrons. The summed E-state index contributed by atoms with van der Waals surface area (Å²) < 4.78 is 5.54. The Kier molecular flexibility index (Phi) is 7.14. The SMILES string of the molecule is CCSc1ccccc1C(=O)N(CC1CCC1)[C@H]1CCN(C(=O)OC(C)(C)C)C1. The van der Waals surface area contributed by atoms with Gasteiger partial charge in [0.2, 0.25) is 0 Å². The number of ether oxygens (including phenoxy) is 1. The molecule has 3 rings (SSSR count). The molecular formula is C23H34N2O3S. The zero-order chi connectivity index (χ0) is 21.0. The first-order valence-electron chi connectivity index (χ1n) is 10.8. The van der Waals surface area contributed by atoms with Crippen molar-refractivity contribution < 1.29 is 14.3 Å². The Hall–Kier alpha value is -1.69. The minimum absolute atomic E-state index is 0.0512. The van der Waals surface area contributed by atoms with Crippen LogP contribution in [0.15, 0.2) is 29.2 Å². The molecule has 1 heterocycles. The summed E-state index contributed by atoms with van der Waals surface area (Å²) >= 11 is 1.71. The van der Waals surface area contributed by atoms with Gasteiger partial charge in [0.25, 0.3) is 5.91 Å². The summed E-state index contributed by atoms with van der Waals surface area (Å²) in [5.41, 5.74) is 0.279. The number of amides is 2. The van der Waals surface area contributed by atoms with Gasteiger partial charge < -0.3 is 14.5 Å². The fourth-order valence-electron chi connectivity index (χ4n) is 3.92. The topological polar surface area (TPSA) is 49.9 Å². The Morgan fingerprint density at radius 2 is 1.93 bits per heavy atom. The average Bonchev–Trinajstić information content (AvgIpc) is 3.10. The number of rotatable bonds is 6. The number of hydrogen-bond acceptors (Lipinski definition) is 4. The zero-order valence-electron chi connectivity index (χ0n) is 18.1. The number of carbonyl (C=O) groups is 2. The monoisotopic (exact) mass is 418 g/mol. The molecule has 1 aromatic carbocycles. The summed E-state index contributed by atoms with van der Waals surface area (Å²) in [6.07, 6.45) is 4.16. The summed E-state index contributed by atoms with van der Waals surface area (Å²) in [5, 5.41) is 0. The van der Waals surface area contributed by atoms with E-state index in [1.807, 2.05) is 49.9 Å². The van der Waals surface area contributed by atoms with E-state index in [2.05, 4.69) is 6.92 Å². The van der Waals surface area contributed by atoms with Crippen molar-refractivity contribution in [1.29, 1.82) is 0 Å². The zero-order valence-corrected chi connectivity index (χ0v) is 19.0. The van der Waals surface area contributed by atoms with E-state index in [0.29, 0.717) is 19.0 Å². The second-order valence-corrected chi connectivity index (χ2v) is 10.4. The van der Waals surface area contributed by atoms with Crippen molar-refractivity contribution in [3.63, 3.8) is 0 Å². The molecule has 2 aliphatic rings. The quantitative estimate of drug-likeness (QED) is 0.607. The van der Waals surface area contributed by atoms with E-state index in [1.165, 1.54) is 19.3 Å². The van der Waals surface area contributed by atoms with Crippen molar-refractivity contribution in [1.82, 2.24) is 9.80 Å². The van der Waals surface area contributed by atoms with Crippen LogP contribution in [0.25, 0.3) is 0 Å². The van der Waals surface area contributed by atoms with Crippen LogP contribution in [0.4, 0.5) is 4.79 Å². The lowest BCUT2D eigenvalue weighted by Gasteiger charge is -2.36. The second kappa shape index (κ2) is 9.41. The Morgan fingerprint density at radius 1 is 1.21 bits per heavy atom. The number of hydrogen-bond donors (Lipinski definition) is 0. The van der Waals surface area contributed by atoms with Gasteiger partial charge >= 0.3 is 6.09 Å². The molecule has 0 radical (unpaired) electrons.